The van der Waals surface area contributed by atoms with E-state index >= 15 is 0 Å². The number of rotatable bonds is 7. The van der Waals surface area contributed by atoms with Crippen LogP contribution >= 0.6 is 0 Å². The molecule has 0 saturated heterocycles. The molecule has 2 N–H and O–H groups in total. The summed E-state index contributed by atoms with van der Waals surface area (Å²) in [7, 11) is 0. The molecular formula is C16H25N5. The van der Waals surface area contributed by atoms with Crippen LogP contribution in [0.5, 0.6) is 0 Å². The van der Waals surface area contributed by atoms with E-state index in [4.69, 9.17) is 5.73 Å². The Morgan fingerprint density at radius 1 is 1.29 bits per heavy atom. The van der Waals surface area contributed by atoms with Gasteiger partial charge < -0.3 is 5.73 Å². The lowest BCUT2D eigenvalue weighted by Gasteiger charge is -2.20. The molecule has 0 spiro atoms. The summed E-state index contributed by atoms with van der Waals surface area (Å²) >= 11 is 0. The second-order valence-electron chi connectivity index (χ2n) is 5.80. The van der Waals surface area contributed by atoms with Gasteiger partial charge in [0.1, 0.15) is 12.2 Å². The summed E-state index contributed by atoms with van der Waals surface area (Å²) in [5.74, 6) is 1.59. The molecule has 5 nitrogen and oxygen atoms in total. The van der Waals surface area contributed by atoms with Gasteiger partial charge in [-0.2, -0.15) is 5.10 Å². The molecule has 0 bridgehead atoms. The Morgan fingerprint density at radius 2 is 2.10 bits per heavy atom. The standard InChI is InChI=1S/C16H25N5/c1-4-20(10-14-6-5-7-15(17)8-14)11-16-18-12-19-21(16)9-13(2)3/h5-8,12-13H,4,9-11,17H2,1-3H3. The van der Waals surface area contributed by atoms with E-state index in [1.807, 2.05) is 22.9 Å². The number of anilines is 1. The number of hydrogen-bond acceptors (Lipinski definition) is 4. The third kappa shape index (κ3) is 4.56. The van der Waals surface area contributed by atoms with Crippen molar-refractivity contribution in [3.8, 4) is 0 Å². The summed E-state index contributed by atoms with van der Waals surface area (Å²) in [6.45, 7) is 10.1. The van der Waals surface area contributed by atoms with Crippen molar-refractivity contribution in [2.24, 2.45) is 5.92 Å². The van der Waals surface area contributed by atoms with Crippen LogP contribution in [-0.4, -0.2) is 26.2 Å². The summed E-state index contributed by atoms with van der Waals surface area (Å²) in [5.41, 5.74) is 7.89. The maximum atomic E-state index is 5.85. The van der Waals surface area contributed by atoms with Gasteiger partial charge in [0.25, 0.3) is 0 Å². The lowest BCUT2D eigenvalue weighted by Crippen LogP contribution is -2.25. The molecule has 1 heterocycles. The molecule has 0 radical (unpaired) electrons. The van der Waals surface area contributed by atoms with Crippen molar-refractivity contribution >= 4 is 5.69 Å². The highest BCUT2D eigenvalue weighted by molar-refractivity contribution is 5.40. The van der Waals surface area contributed by atoms with E-state index in [1.165, 1.54) is 5.56 Å². The highest BCUT2D eigenvalue weighted by Crippen LogP contribution is 2.12. The Kier molecular flexibility index (Phi) is 5.33. The Balaban J connectivity index is 2.04. The van der Waals surface area contributed by atoms with Crippen LogP contribution < -0.4 is 5.73 Å². The van der Waals surface area contributed by atoms with E-state index < -0.39 is 0 Å². The van der Waals surface area contributed by atoms with E-state index in [0.29, 0.717) is 5.92 Å². The van der Waals surface area contributed by atoms with Crippen molar-refractivity contribution in [2.75, 3.05) is 12.3 Å². The lowest BCUT2D eigenvalue weighted by molar-refractivity contribution is 0.256. The van der Waals surface area contributed by atoms with E-state index in [2.05, 4.69) is 41.8 Å². The minimum Gasteiger partial charge on any atom is -0.399 e. The molecule has 0 fully saturated rings. The van der Waals surface area contributed by atoms with Gasteiger partial charge in [0.05, 0.1) is 6.54 Å². The average molecular weight is 287 g/mol. The summed E-state index contributed by atoms with van der Waals surface area (Å²) in [6, 6.07) is 8.05. The van der Waals surface area contributed by atoms with Gasteiger partial charge in [0, 0.05) is 18.8 Å². The molecule has 1 aromatic heterocycles. The van der Waals surface area contributed by atoms with E-state index in [1.54, 1.807) is 6.33 Å². The molecule has 1 aromatic carbocycles. The van der Waals surface area contributed by atoms with Gasteiger partial charge in [-0.05, 0) is 30.2 Å². The van der Waals surface area contributed by atoms with Crippen LogP contribution in [0.4, 0.5) is 5.69 Å². The predicted molar refractivity (Wildman–Crippen MR) is 85.5 cm³/mol. The van der Waals surface area contributed by atoms with Crippen molar-refractivity contribution in [2.45, 2.75) is 40.4 Å². The van der Waals surface area contributed by atoms with Gasteiger partial charge in [-0.3, -0.25) is 4.90 Å². The first-order chi connectivity index (χ1) is 10.1. The summed E-state index contributed by atoms with van der Waals surface area (Å²) < 4.78 is 2.01. The first kappa shape index (κ1) is 15.5. The fraction of sp³-hybridized carbons (Fsp3) is 0.500. The third-order valence-electron chi connectivity index (χ3n) is 3.40. The molecule has 2 rings (SSSR count). The molecule has 21 heavy (non-hydrogen) atoms. The highest BCUT2D eigenvalue weighted by Gasteiger charge is 2.11. The number of benzene rings is 1. The molecule has 0 aliphatic carbocycles. The smallest absolute Gasteiger partial charge is 0.141 e. The van der Waals surface area contributed by atoms with Crippen molar-refractivity contribution in [3.05, 3.63) is 42.0 Å². The maximum absolute atomic E-state index is 5.85. The van der Waals surface area contributed by atoms with Crippen LogP contribution in [0.25, 0.3) is 0 Å². The monoisotopic (exact) mass is 287 g/mol. The molecular weight excluding hydrogens is 262 g/mol. The fourth-order valence-corrected chi connectivity index (χ4v) is 2.34. The Labute approximate surface area is 126 Å². The van der Waals surface area contributed by atoms with Crippen molar-refractivity contribution in [1.29, 1.82) is 0 Å². The van der Waals surface area contributed by atoms with Crippen LogP contribution in [0, 0.1) is 5.92 Å². The molecule has 0 atom stereocenters. The van der Waals surface area contributed by atoms with Crippen LogP contribution in [-0.2, 0) is 19.6 Å². The number of nitrogen functional groups attached to an aromatic ring is 1. The number of hydrogen-bond donors (Lipinski definition) is 1. The zero-order valence-corrected chi connectivity index (χ0v) is 13.2. The van der Waals surface area contributed by atoms with E-state index in [9.17, 15) is 0 Å². The van der Waals surface area contributed by atoms with Crippen molar-refractivity contribution in [1.82, 2.24) is 19.7 Å². The molecule has 0 aliphatic rings. The van der Waals surface area contributed by atoms with E-state index in [-0.39, 0.29) is 0 Å². The highest BCUT2D eigenvalue weighted by atomic mass is 15.3. The minimum absolute atomic E-state index is 0.564. The molecule has 0 aliphatic heterocycles. The zero-order valence-electron chi connectivity index (χ0n) is 13.2. The molecule has 5 heteroatoms. The molecule has 2 aromatic rings. The van der Waals surface area contributed by atoms with Gasteiger partial charge in [0.15, 0.2) is 0 Å². The van der Waals surface area contributed by atoms with Crippen LogP contribution in [0.15, 0.2) is 30.6 Å². The largest absolute Gasteiger partial charge is 0.399 e. The quantitative estimate of drug-likeness (QED) is 0.795. The van der Waals surface area contributed by atoms with Crippen molar-refractivity contribution < 1.29 is 0 Å². The number of nitrogens with two attached hydrogens (primary N) is 1. The van der Waals surface area contributed by atoms with Gasteiger partial charge in [-0.1, -0.05) is 32.9 Å². The van der Waals surface area contributed by atoms with Gasteiger partial charge in [0.2, 0.25) is 0 Å². The number of nitrogens with zero attached hydrogens (tertiary/aromatic N) is 4. The zero-order chi connectivity index (χ0) is 15.2. The first-order valence-electron chi connectivity index (χ1n) is 7.52. The minimum atomic E-state index is 0.564. The normalized spacial score (nSPS) is 11.5. The van der Waals surface area contributed by atoms with Crippen LogP contribution in [0.2, 0.25) is 0 Å². The average Bonchev–Trinajstić information content (AvgIpc) is 2.84. The Hall–Kier alpha value is -1.88. The Morgan fingerprint density at radius 3 is 2.76 bits per heavy atom. The second-order valence-corrected chi connectivity index (χ2v) is 5.80. The summed E-state index contributed by atoms with van der Waals surface area (Å²) in [4.78, 5) is 6.74. The topological polar surface area (TPSA) is 60.0 Å². The van der Waals surface area contributed by atoms with Gasteiger partial charge in [-0.15, -0.1) is 0 Å². The summed E-state index contributed by atoms with van der Waals surface area (Å²) in [5, 5.41) is 4.32. The fourth-order valence-electron chi connectivity index (χ4n) is 2.34. The van der Waals surface area contributed by atoms with Gasteiger partial charge in [-0.25, -0.2) is 9.67 Å². The lowest BCUT2D eigenvalue weighted by atomic mass is 10.2. The molecule has 0 saturated carbocycles. The molecule has 0 amide bonds. The maximum Gasteiger partial charge on any atom is 0.141 e. The van der Waals surface area contributed by atoms with Crippen LogP contribution in [0.3, 0.4) is 0 Å². The van der Waals surface area contributed by atoms with E-state index in [0.717, 1.165) is 37.7 Å². The predicted octanol–water partition coefficient (Wildman–Crippen LogP) is 2.54. The molecule has 0 unspecified atom stereocenters. The summed E-state index contributed by atoms with van der Waals surface area (Å²) in [6.07, 6.45) is 1.64. The third-order valence-corrected chi connectivity index (χ3v) is 3.40. The van der Waals surface area contributed by atoms with Gasteiger partial charge >= 0.3 is 0 Å². The van der Waals surface area contributed by atoms with Crippen LogP contribution in [0.1, 0.15) is 32.2 Å². The first-order valence-corrected chi connectivity index (χ1v) is 7.52. The SMILES string of the molecule is CCN(Cc1cccc(N)c1)Cc1ncnn1CC(C)C. The molecule has 114 valence electrons. The van der Waals surface area contributed by atoms with Crippen molar-refractivity contribution in [3.63, 3.8) is 0 Å². The number of aromatic nitrogens is 3. The second kappa shape index (κ2) is 7.22. The Bertz CT molecular complexity index is 561.